The third kappa shape index (κ3) is 2.47. The van der Waals surface area contributed by atoms with Crippen molar-refractivity contribution in [3.63, 3.8) is 0 Å². The van der Waals surface area contributed by atoms with Crippen molar-refractivity contribution >= 4 is 24.8 Å². The molecule has 0 aliphatic carbocycles. The van der Waals surface area contributed by atoms with Crippen LogP contribution in [0.4, 0.5) is 0 Å². The maximum atomic E-state index is 9.02. The number of β-amino-alcohol motifs (C(OH)–C–C–N with tert-alkyl or cyclic N) is 1. The maximum absolute atomic E-state index is 9.02. The highest BCUT2D eigenvalue weighted by Gasteiger charge is 2.31. The molecular formula is C7H16Cl2N2O. The van der Waals surface area contributed by atoms with E-state index in [1.54, 1.807) is 0 Å². The number of rotatable bonds is 1. The Morgan fingerprint density at radius 1 is 1.25 bits per heavy atom. The lowest BCUT2D eigenvalue weighted by Gasteiger charge is -2.40. The second-order valence-corrected chi connectivity index (χ2v) is 3.25. The fraction of sp³-hybridized carbons (Fsp3) is 1.00. The highest BCUT2D eigenvalue weighted by molar-refractivity contribution is 5.85. The Labute approximate surface area is 85.3 Å². The molecule has 5 heteroatoms. The second-order valence-electron chi connectivity index (χ2n) is 3.25. The Balaban J connectivity index is 0.000000605. The smallest absolute Gasteiger partial charge is 0.0794 e. The Morgan fingerprint density at radius 2 is 1.92 bits per heavy atom. The van der Waals surface area contributed by atoms with E-state index < -0.39 is 0 Å². The average molecular weight is 215 g/mol. The molecule has 0 saturated carbocycles. The predicted molar refractivity (Wildman–Crippen MR) is 53.4 cm³/mol. The van der Waals surface area contributed by atoms with Crippen LogP contribution in [-0.4, -0.2) is 48.3 Å². The fourth-order valence-electron chi connectivity index (χ4n) is 1.74. The quantitative estimate of drug-likeness (QED) is 0.639. The average Bonchev–Trinajstić information content (AvgIpc) is 2.31. The van der Waals surface area contributed by atoms with Crippen LogP contribution in [0, 0.1) is 0 Å². The molecule has 12 heavy (non-hydrogen) atoms. The molecule has 2 rings (SSSR count). The van der Waals surface area contributed by atoms with Gasteiger partial charge in [-0.3, -0.25) is 4.90 Å². The van der Waals surface area contributed by atoms with Gasteiger partial charge in [-0.2, -0.15) is 0 Å². The van der Waals surface area contributed by atoms with Crippen molar-refractivity contribution in [2.75, 3.05) is 26.2 Å². The van der Waals surface area contributed by atoms with Crippen LogP contribution in [-0.2, 0) is 0 Å². The normalized spacial score (nSPS) is 30.2. The Kier molecular flexibility index (Phi) is 5.45. The van der Waals surface area contributed by atoms with E-state index in [4.69, 9.17) is 5.11 Å². The van der Waals surface area contributed by atoms with Crippen LogP contribution in [0.25, 0.3) is 0 Å². The molecule has 0 bridgehead atoms. The van der Waals surface area contributed by atoms with Crippen LogP contribution in [0.15, 0.2) is 0 Å². The molecule has 2 aliphatic rings. The van der Waals surface area contributed by atoms with Crippen molar-refractivity contribution in [1.82, 2.24) is 10.2 Å². The van der Waals surface area contributed by atoms with Gasteiger partial charge in [0.15, 0.2) is 0 Å². The van der Waals surface area contributed by atoms with Crippen molar-refractivity contribution < 1.29 is 5.11 Å². The number of likely N-dealkylation sites (tertiary alicyclic amines) is 1. The molecule has 2 heterocycles. The number of halogens is 2. The highest BCUT2D eigenvalue weighted by Crippen LogP contribution is 2.16. The van der Waals surface area contributed by atoms with E-state index in [1.807, 2.05) is 0 Å². The number of aliphatic hydroxyl groups excluding tert-OH is 1. The molecule has 1 unspecified atom stereocenters. The molecule has 0 radical (unpaired) electrons. The summed E-state index contributed by atoms with van der Waals surface area (Å²) in [6, 6.07) is 0.711. The zero-order chi connectivity index (χ0) is 6.97. The zero-order valence-corrected chi connectivity index (χ0v) is 8.53. The first kappa shape index (κ1) is 12.5. The minimum Gasteiger partial charge on any atom is -0.390 e. The number of nitrogens with zero attached hydrogens (tertiary/aromatic N) is 1. The SMILES string of the molecule is Cl.Cl.OC1CN(C2CCNC2)C1. The summed E-state index contributed by atoms with van der Waals surface area (Å²) in [6.45, 7) is 4.06. The zero-order valence-electron chi connectivity index (χ0n) is 6.90. The van der Waals surface area contributed by atoms with Crippen LogP contribution in [0.3, 0.4) is 0 Å². The van der Waals surface area contributed by atoms with Gasteiger partial charge in [0.2, 0.25) is 0 Å². The third-order valence-electron chi connectivity index (χ3n) is 2.44. The first-order valence-electron chi connectivity index (χ1n) is 3.99. The van der Waals surface area contributed by atoms with Crippen molar-refractivity contribution in [2.24, 2.45) is 0 Å². The standard InChI is InChI=1S/C7H14N2O.2ClH/c10-7-4-9(5-7)6-1-2-8-3-6;;/h6-8,10H,1-5H2;2*1H. The monoisotopic (exact) mass is 214 g/mol. The molecule has 1 atom stereocenters. The van der Waals surface area contributed by atoms with E-state index in [0.717, 1.165) is 26.2 Å². The molecule has 0 aromatic carbocycles. The van der Waals surface area contributed by atoms with Crippen LogP contribution in [0.1, 0.15) is 6.42 Å². The summed E-state index contributed by atoms with van der Waals surface area (Å²) < 4.78 is 0. The van der Waals surface area contributed by atoms with Gasteiger partial charge in [0, 0.05) is 25.7 Å². The predicted octanol–water partition coefficient (Wildman–Crippen LogP) is -0.132. The number of aliphatic hydroxyl groups is 1. The van der Waals surface area contributed by atoms with E-state index in [0.29, 0.717) is 6.04 Å². The van der Waals surface area contributed by atoms with Gasteiger partial charge in [-0.1, -0.05) is 0 Å². The van der Waals surface area contributed by atoms with Crippen molar-refractivity contribution in [3.8, 4) is 0 Å². The lowest BCUT2D eigenvalue weighted by molar-refractivity contribution is -0.0198. The summed E-state index contributed by atoms with van der Waals surface area (Å²) in [5.74, 6) is 0. The van der Waals surface area contributed by atoms with Crippen molar-refractivity contribution in [1.29, 1.82) is 0 Å². The number of nitrogens with one attached hydrogen (secondary N) is 1. The van der Waals surface area contributed by atoms with Gasteiger partial charge in [-0.05, 0) is 13.0 Å². The van der Waals surface area contributed by atoms with Crippen LogP contribution >= 0.6 is 24.8 Å². The number of hydrogen-bond donors (Lipinski definition) is 2. The summed E-state index contributed by atoms with van der Waals surface area (Å²) in [5, 5.41) is 12.3. The molecule has 2 aliphatic heterocycles. The number of hydrogen-bond acceptors (Lipinski definition) is 3. The first-order chi connectivity index (χ1) is 4.86. The lowest BCUT2D eigenvalue weighted by Crippen LogP contribution is -2.55. The third-order valence-corrected chi connectivity index (χ3v) is 2.44. The lowest BCUT2D eigenvalue weighted by atomic mass is 10.1. The summed E-state index contributed by atoms with van der Waals surface area (Å²) in [7, 11) is 0. The van der Waals surface area contributed by atoms with E-state index in [2.05, 4.69) is 10.2 Å². The minimum atomic E-state index is -0.0411. The van der Waals surface area contributed by atoms with Gasteiger partial charge < -0.3 is 10.4 Å². The van der Waals surface area contributed by atoms with E-state index in [1.165, 1.54) is 6.42 Å². The second kappa shape index (κ2) is 5.25. The van der Waals surface area contributed by atoms with Gasteiger partial charge in [0.1, 0.15) is 0 Å². The first-order valence-corrected chi connectivity index (χ1v) is 3.99. The molecule has 2 N–H and O–H groups in total. The topological polar surface area (TPSA) is 35.5 Å². The molecule has 0 amide bonds. The van der Waals surface area contributed by atoms with E-state index in [-0.39, 0.29) is 30.9 Å². The molecule has 3 nitrogen and oxygen atoms in total. The van der Waals surface area contributed by atoms with Crippen molar-refractivity contribution in [2.45, 2.75) is 18.6 Å². The van der Waals surface area contributed by atoms with Gasteiger partial charge in [0.25, 0.3) is 0 Å². The van der Waals surface area contributed by atoms with Crippen LogP contribution in [0.2, 0.25) is 0 Å². The molecule has 0 spiro atoms. The van der Waals surface area contributed by atoms with Crippen LogP contribution in [0.5, 0.6) is 0 Å². The summed E-state index contributed by atoms with van der Waals surface area (Å²) in [5.41, 5.74) is 0. The maximum Gasteiger partial charge on any atom is 0.0794 e. The largest absolute Gasteiger partial charge is 0.390 e. The Bertz CT molecular complexity index is 125. The molecule has 2 saturated heterocycles. The highest BCUT2D eigenvalue weighted by atomic mass is 35.5. The van der Waals surface area contributed by atoms with Crippen LogP contribution < -0.4 is 5.32 Å². The van der Waals surface area contributed by atoms with Gasteiger partial charge >= 0.3 is 0 Å². The molecular weight excluding hydrogens is 199 g/mol. The molecule has 0 aromatic rings. The fourth-order valence-corrected chi connectivity index (χ4v) is 1.74. The summed E-state index contributed by atoms with van der Waals surface area (Å²) in [6.07, 6.45) is 1.22. The molecule has 0 aromatic heterocycles. The van der Waals surface area contributed by atoms with Crippen molar-refractivity contribution in [3.05, 3.63) is 0 Å². The Morgan fingerprint density at radius 3 is 2.33 bits per heavy atom. The van der Waals surface area contributed by atoms with Gasteiger partial charge in [-0.15, -0.1) is 24.8 Å². The molecule has 74 valence electrons. The molecule has 2 fully saturated rings. The minimum absolute atomic E-state index is 0. The Hall–Kier alpha value is 0.460. The summed E-state index contributed by atoms with van der Waals surface area (Å²) >= 11 is 0. The summed E-state index contributed by atoms with van der Waals surface area (Å²) in [4.78, 5) is 2.35. The van der Waals surface area contributed by atoms with Gasteiger partial charge in [0.05, 0.1) is 6.10 Å². The van der Waals surface area contributed by atoms with E-state index >= 15 is 0 Å². The van der Waals surface area contributed by atoms with Gasteiger partial charge in [-0.25, -0.2) is 0 Å². The van der Waals surface area contributed by atoms with E-state index in [9.17, 15) is 0 Å².